The Morgan fingerprint density at radius 2 is 1.71 bits per heavy atom. The van der Waals surface area contributed by atoms with Crippen molar-refractivity contribution in [3.8, 4) is 5.75 Å². The molecule has 1 saturated carbocycles. The maximum absolute atomic E-state index is 14.0. The van der Waals surface area contributed by atoms with Gasteiger partial charge in [0, 0.05) is 12.6 Å². The molecule has 1 aliphatic carbocycles. The van der Waals surface area contributed by atoms with Crippen molar-refractivity contribution in [2.45, 2.75) is 56.1 Å². The summed E-state index contributed by atoms with van der Waals surface area (Å²) < 4.78 is 47.5. The Labute approximate surface area is 245 Å². The lowest BCUT2D eigenvalue weighted by atomic mass is 10.1. The Kier molecular flexibility index (Phi) is 9.88. The molecule has 0 spiro atoms. The molecule has 0 radical (unpaired) electrons. The molecule has 8 nitrogen and oxygen atoms in total. The number of amides is 2. The van der Waals surface area contributed by atoms with Gasteiger partial charge in [-0.3, -0.25) is 13.9 Å². The van der Waals surface area contributed by atoms with E-state index in [-0.39, 0.29) is 34.1 Å². The van der Waals surface area contributed by atoms with Crippen LogP contribution in [0.3, 0.4) is 0 Å². The number of nitrogens with zero attached hydrogens (tertiary/aromatic N) is 2. The Hall–Kier alpha value is -3.63. The minimum Gasteiger partial charge on any atom is -0.495 e. The number of rotatable bonds is 11. The van der Waals surface area contributed by atoms with E-state index in [0.29, 0.717) is 11.3 Å². The Bertz CT molecular complexity index is 1470. The smallest absolute Gasteiger partial charge is 0.264 e. The number of carbonyl (C=O) groups excluding carboxylic acids is 2. The van der Waals surface area contributed by atoms with E-state index in [0.717, 1.165) is 30.0 Å². The molecule has 1 fully saturated rings. The summed E-state index contributed by atoms with van der Waals surface area (Å²) in [5.74, 6) is -1.05. The first-order valence-electron chi connectivity index (χ1n) is 13.4. The number of sulfonamides is 1. The van der Waals surface area contributed by atoms with Gasteiger partial charge in [0.2, 0.25) is 11.8 Å². The van der Waals surface area contributed by atoms with Crippen LogP contribution in [-0.2, 0) is 26.2 Å². The fourth-order valence-corrected chi connectivity index (χ4v) is 6.50. The number of hydrogen-bond donors (Lipinski definition) is 1. The van der Waals surface area contributed by atoms with Crippen LogP contribution in [0.5, 0.6) is 5.75 Å². The first kappa shape index (κ1) is 30.3. The van der Waals surface area contributed by atoms with Gasteiger partial charge in [-0.25, -0.2) is 12.8 Å². The van der Waals surface area contributed by atoms with Crippen molar-refractivity contribution in [3.63, 3.8) is 0 Å². The lowest BCUT2D eigenvalue weighted by Crippen LogP contribution is -2.52. The van der Waals surface area contributed by atoms with Crippen molar-refractivity contribution in [1.29, 1.82) is 0 Å². The number of halogens is 2. The van der Waals surface area contributed by atoms with Crippen molar-refractivity contribution in [1.82, 2.24) is 10.2 Å². The number of benzene rings is 3. The van der Waals surface area contributed by atoms with Crippen LogP contribution in [0.2, 0.25) is 5.02 Å². The second-order valence-electron chi connectivity index (χ2n) is 9.96. The van der Waals surface area contributed by atoms with Crippen LogP contribution >= 0.6 is 11.6 Å². The van der Waals surface area contributed by atoms with E-state index in [2.05, 4.69) is 5.32 Å². The van der Waals surface area contributed by atoms with E-state index in [1.807, 2.05) is 0 Å². The van der Waals surface area contributed by atoms with Crippen molar-refractivity contribution in [3.05, 3.63) is 89.2 Å². The summed E-state index contributed by atoms with van der Waals surface area (Å²) in [5, 5.41) is 3.18. The largest absolute Gasteiger partial charge is 0.495 e. The van der Waals surface area contributed by atoms with Crippen molar-refractivity contribution < 1.29 is 27.1 Å². The molecule has 1 N–H and O–H groups in total. The molecule has 0 aliphatic heterocycles. The van der Waals surface area contributed by atoms with E-state index in [1.54, 1.807) is 25.1 Å². The van der Waals surface area contributed by atoms with Crippen LogP contribution in [0.15, 0.2) is 77.7 Å². The predicted molar refractivity (Wildman–Crippen MR) is 156 cm³/mol. The minimum atomic E-state index is -4.23. The lowest BCUT2D eigenvalue weighted by Gasteiger charge is -2.32. The van der Waals surface area contributed by atoms with Gasteiger partial charge in [0.25, 0.3) is 10.0 Å². The molecule has 3 aromatic carbocycles. The standard InChI is InChI=1S/C30H33ClFN3O5S/c1-21(30(37)33-24-8-6-7-9-24)34(19-22-12-14-23(32)15-13-22)29(36)20-35(25-16-17-28(40-2)27(31)18-25)41(38,39)26-10-4-3-5-11-26/h3-5,10-18,21,24H,6-9,19-20H2,1-2H3,(H,33,37)/t21-/m0/s1. The first-order valence-corrected chi connectivity index (χ1v) is 15.2. The third-order valence-corrected chi connectivity index (χ3v) is 9.25. The molecule has 3 aromatic rings. The third kappa shape index (κ3) is 7.37. The summed E-state index contributed by atoms with van der Waals surface area (Å²) in [6, 6.07) is 16.9. The number of carbonyl (C=O) groups is 2. The molecular formula is C30H33ClFN3O5S. The monoisotopic (exact) mass is 601 g/mol. The van der Waals surface area contributed by atoms with E-state index >= 15 is 0 Å². The zero-order valence-corrected chi connectivity index (χ0v) is 24.5. The molecule has 218 valence electrons. The van der Waals surface area contributed by atoms with Gasteiger partial charge in [-0.15, -0.1) is 0 Å². The average molecular weight is 602 g/mol. The summed E-state index contributed by atoms with van der Waals surface area (Å²) in [6.45, 7) is 0.967. The number of anilines is 1. The van der Waals surface area contributed by atoms with E-state index in [4.69, 9.17) is 16.3 Å². The van der Waals surface area contributed by atoms with Gasteiger partial charge in [-0.2, -0.15) is 0 Å². The highest BCUT2D eigenvalue weighted by atomic mass is 35.5. The molecule has 1 atom stereocenters. The summed E-state index contributed by atoms with van der Waals surface area (Å²) in [7, 11) is -2.79. The normalized spacial score (nSPS) is 14.3. The highest BCUT2D eigenvalue weighted by molar-refractivity contribution is 7.92. The Balaban J connectivity index is 1.70. The van der Waals surface area contributed by atoms with Gasteiger partial charge >= 0.3 is 0 Å². The molecule has 0 aromatic heterocycles. The van der Waals surface area contributed by atoms with E-state index < -0.39 is 34.3 Å². The molecule has 1 aliphatic rings. The fourth-order valence-electron chi connectivity index (χ4n) is 4.82. The van der Waals surface area contributed by atoms with Gasteiger partial charge in [0.05, 0.1) is 22.7 Å². The van der Waals surface area contributed by atoms with Gasteiger partial charge in [-0.05, 0) is 67.8 Å². The zero-order chi connectivity index (χ0) is 29.6. The molecule has 11 heteroatoms. The quantitative estimate of drug-likeness (QED) is 0.328. The molecule has 4 rings (SSSR count). The molecule has 0 bridgehead atoms. The maximum atomic E-state index is 14.0. The van der Waals surface area contributed by atoms with Crippen LogP contribution < -0.4 is 14.4 Å². The molecule has 2 amide bonds. The number of ether oxygens (including phenoxy) is 1. The molecular weight excluding hydrogens is 569 g/mol. The molecule has 0 unspecified atom stereocenters. The molecule has 41 heavy (non-hydrogen) atoms. The summed E-state index contributed by atoms with van der Waals surface area (Å²) in [6.07, 6.45) is 3.78. The van der Waals surface area contributed by atoms with Crippen LogP contribution in [0.1, 0.15) is 38.2 Å². The summed E-state index contributed by atoms with van der Waals surface area (Å²) in [4.78, 5) is 28.5. The van der Waals surface area contributed by atoms with Gasteiger partial charge < -0.3 is 15.0 Å². The van der Waals surface area contributed by atoms with Crippen molar-refractivity contribution >= 4 is 39.1 Å². The lowest BCUT2D eigenvalue weighted by molar-refractivity contribution is -0.139. The van der Waals surface area contributed by atoms with Crippen LogP contribution in [0.4, 0.5) is 10.1 Å². The highest BCUT2D eigenvalue weighted by Crippen LogP contribution is 2.32. The van der Waals surface area contributed by atoms with Gasteiger partial charge in [0.1, 0.15) is 24.2 Å². The molecule has 0 heterocycles. The predicted octanol–water partition coefficient (Wildman–Crippen LogP) is 5.16. The fraction of sp³-hybridized carbons (Fsp3) is 0.333. The number of hydrogen-bond acceptors (Lipinski definition) is 5. The second kappa shape index (κ2) is 13.4. The van der Waals surface area contributed by atoms with Crippen LogP contribution in [-0.4, -0.2) is 50.9 Å². The SMILES string of the molecule is COc1ccc(N(CC(=O)N(Cc2ccc(F)cc2)[C@@H](C)C(=O)NC2CCCC2)S(=O)(=O)c2ccccc2)cc1Cl. The third-order valence-electron chi connectivity index (χ3n) is 7.17. The topological polar surface area (TPSA) is 96.0 Å². The molecule has 0 saturated heterocycles. The van der Waals surface area contributed by atoms with Gasteiger partial charge in [-0.1, -0.05) is 54.8 Å². The van der Waals surface area contributed by atoms with E-state index in [9.17, 15) is 22.4 Å². The van der Waals surface area contributed by atoms with E-state index in [1.165, 1.54) is 66.6 Å². The Morgan fingerprint density at radius 1 is 1.05 bits per heavy atom. The second-order valence-corrected chi connectivity index (χ2v) is 12.2. The zero-order valence-electron chi connectivity index (χ0n) is 22.9. The van der Waals surface area contributed by atoms with Gasteiger partial charge in [0.15, 0.2) is 0 Å². The average Bonchev–Trinajstić information content (AvgIpc) is 3.48. The van der Waals surface area contributed by atoms with Crippen molar-refractivity contribution in [2.24, 2.45) is 0 Å². The number of methoxy groups -OCH3 is 1. The number of nitrogens with one attached hydrogen (secondary N) is 1. The van der Waals surface area contributed by atoms with Crippen molar-refractivity contribution in [2.75, 3.05) is 18.0 Å². The van der Waals surface area contributed by atoms with Crippen LogP contribution in [0.25, 0.3) is 0 Å². The summed E-state index contributed by atoms with van der Waals surface area (Å²) >= 11 is 6.34. The van der Waals surface area contributed by atoms with Crippen LogP contribution in [0, 0.1) is 5.82 Å². The maximum Gasteiger partial charge on any atom is 0.264 e. The highest BCUT2D eigenvalue weighted by Gasteiger charge is 2.33. The Morgan fingerprint density at radius 3 is 2.32 bits per heavy atom. The first-order chi connectivity index (χ1) is 19.6. The minimum absolute atomic E-state index is 0.0168. The summed E-state index contributed by atoms with van der Waals surface area (Å²) in [5.41, 5.74) is 0.739.